The Morgan fingerprint density at radius 2 is 2.00 bits per heavy atom. The van der Waals surface area contributed by atoms with Crippen molar-refractivity contribution in [3.05, 3.63) is 66.1 Å². The summed E-state index contributed by atoms with van der Waals surface area (Å²) in [5, 5.41) is 11.8. The first-order valence-electron chi connectivity index (χ1n) is 11.5. The summed E-state index contributed by atoms with van der Waals surface area (Å²) in [4.78, 5) is 14.3. The zero-order chi connectivity index (χ0) is 22.8. The van der Waals surface area contributed by atoms with Crippen LogP contribution in [0.5, 0.6) is 5.75 Å². The molecule has 3 aliphatic heterocycles. The van der Waals surface area contributed by atoms with E-state index in [2.05, 4.69) is 15.6 Å². The molecule has 1 aromatic heterocycles. The fourth-order valence-corrected chi connectivity index (χ4v) is 5.25. The third kappa shape index (κ3) is 4.75. The Bertz CT molecular complexity index is 1100. The molecule has 3 aromatic rings. The number of ether oxygens (including phenoxy) is 1. The first kappa shape index (κ1) is 21.6. The van der Waals surface area contributed by atoms with Gasteiger partial charge in [-0.15, -0.1) is 5.10 Å². The summed E-state index contributed by atoms with van der Waals surface area (Å²) in [7, 11) is 1.65. The van der Waals surface area contributed by atoms with E-state index >= 15 is 0 Å². The molecule has 1 unspecified atom stereocenters. The first-order chi connectivity index (χ1) is 16.1. The molecule has 3 fully saturated rings. The van der Waals surface area contributed by atoms with Crippen LogP contribution in [0, 0.1) is 17.7 Å². The number of benzene rings is 2. The van der Waals surface area contributed by atoms with Gasteiger partial charge in [-0.1, -0.05) is 17.3 Å². The molecule has 8 heteroatoms. The van der Waals surface area contributed by atoms with Gasteiger partial charge in [0.15, 0.2) is 0 Å². The van der Waals surface area contributed by atoms with Gasteiger partial charge in [0, 0.05) is 24.9 Å². The maximum atomic E-state index is 13.1. The third-order valence-corrected chi connectivity index (χ3v) is 7.10. The maximum Gasteiger partial charge on any atom is 0.229 e. The zero-order valence-electron chi connectivity index (χ0n) is 18.7. The second-order valence-electron chi connectivity index (χ2n) is 9.10. The highest BCUT2D eigenvalue weighted by atomic mass is 19.1. The molecule has 3 saturated heterocycles. The summed E-state index contributed by atoms with van der Waals surface area (Å²) in [6, 6.07) is 14.5. The van der Waals surface area contributed by atoms with Crippen LogP contribution in [0.15, 0.2) is 54.7 Å². The number of amides is 1. The number of hydrogen-bond acceptors (Lipinski definition) is 4. The SMILES string of the molecule is COc1ccc(-c2cn(C[C@H]3C[C@H]4CC[NH+]3C[C@@H]4C(=O)NCc3ccc(F)cc3)nn2)cc1. The molecule has 172 valence electrons. The first-order valence-corrected chi connectivity index (χ1v) is 11.5. The number of carbonyl (C=O) groups is 1. The predicted molar refractivity (Wildman–Crippen MR) is 121 cm³/mol. The predicted octanol–water partition coefficient (Wildman–Crippen LogP) is 1.70. The largest absolute Gasteiger partial charge is 0.497 e. The average Bonchev–Trinajstić information content (AvgIpc) is 3.32. The summed E-state index contributed by atoms with van der Waals surface area (Å²) in [6.45, 7) is 3.19. The molecular weight excluding hydrogens is 421 g/mol. The zero-order valence-corrected chi connectivity index (χ0v) is 18.7. The Kier molecular flexibility index (Phi) is 6.09. The molecule has 4 atom stereocenters. The van der Waals surface area contributed by atoms with Crippen LogP contribution in [0.2, 0.25) is 0 Å². The van der Waals surface area contributed by atoms with E-state index in [4.69, 9.17) is 4.74 Å². The fraction of sp³-hybridized carbons (Fsp3) is 0.400. The highest BCUT2D eigenvalue weighted by Crippen LogP contribution is 2.28. The van der Waals surface area contributed by atoms with Gasteiger partial charge in [0.1, 0.15) is 23.3 Å². The van der Waals surface area contributed by atoms with Crippen LogP contribution in [-0.2, 0) is 17.9 Å². The van der Waals surface area contributed by atoms with Gasteiger partial charge in [0.2, 0.25) is 5.91 Å². The number of methoxy groups -OCH3 is 1. The Morgan fingerprint density at radius 3 is 2.70 bits per heavy atom. The van der Waals surface area contributed by atoms with Crippen molar-refractivity contribution in [2.45, 2.75) is 32.0 Å². The lowest BCUT2D eigenvalue weighted by molar-refractivity contribution is -0.945. The number of fused-ring (bicyclic) bond motifs is 3. The molecular formula is C25H29FN5O2+. The normalized spacial score (nSPS) is 23.9. The Morgan fingerprint density at radius 1 is 1.21 bits per heavy atom. The molecule has 0 spiro atoms. The number of quaternary nitrogens is 1. The summed E-state index contributed by atoms with van der Waals surface area (Å²) in [5.41, 5.74) is 2.77. The van der Waals surface area contributed by atoms with Gasteiger partial charge >= 0.3 is 0 Å². The minimum atomic E-state index is -0.263. The Labute approximate surface area is 192 Å². The number of nitrogens with zero attached hydrogens (tertiary/aromatic N) is 3. The van der Waals surface area contributed by atoms with E-state index < -0.39 is 0 Å². The topological polar surface area (TPSA) is 73.5 Å². The lowest BCUT2D eigenvalue weighted by atomic mass is 9.75. The Hall–Kier alpha value is -3.26. The molecule has 0 radical (unpaired) electrons. The van der Waals surface area contributed by atoms with Crippen molar-refractivity contribution in [3.8, 4) is 17.0 Å². The second kappa shape index (κ2) is 9.31. The number of halogens is 1. The summed E-state index contributed by atoms with van der Waals surface area (Å²) < 4.78 is 20.2. The van der Waals surface area contributed by atoms with E-state index in [0.29, 0.717) is 18.5 Å². The number of aromatic nitrogens is 3. The number of hydrogen-bond donors (Lipinski definition) is 2. The number of nitrogens with one attached hydrogen (secondary N) is 2. The molecule has 6 rings (SSSR count). The minimum absolute atomic E-state index is 0.0380. The molecule has 4 heterocycles. The Balaban J connectivity index is 1.17. The monoisotopic (exact) mass is 450 g/mol. The van der Waals surface area contributed by atoms with E-state index in [1.54, 1.807) is 19.2 Å². The van der Waals surface area contributed by atoms with Crippen LogP contribution in [0.4, 0.5) is 4.39 Å². The number of carbonyl (C=O) groups excluding carboxylic acids is 1. The van der Waals surface area contributed by atoms with Crippen molar-refractivity contribution in [1.29, 1.82) is 0 Å². The van der Waals surface area contributed by atoms with Crippen molar-refractivity contribution in [3.63, 3.8) is 0 Å². The van der Waals surface area contributed by atoms with Crippen LogP contribution in [-0.4, -0.2) is 47.1 Å². The quantitative estimate of drug-likeness (QED) is 0.575. The molecule has 2 aromatic carbocycles. The van der Waals surface area contributed by atoms with Crippen molar-refractivity contribution >= 4 is 5.91 Å². The molecule has 3 aliphatic rings. The molecule has 7 nitrogen and oxygen atoms in total. The maximum absolute atomic E-state index is 13.1. The van der Waals surface area contributed by atoms with Gasteiger partial charge in [-0.25, -0.2) is 9.07 Å². The van der Waals surface area contributed by atoms with Gasteiger partial charge in [-0.05, 0) is 47.9 Å². The fourth-order valence-electron chi connectivity index (χ4n) is 5.25. The van der Waals surface area contributed by atoms with Crippen molar-refractivity contribution in [1.82, 2.24) is 20.3 Å². The van der Waals surface area contributed by atoms with E-state index in [9.17, 15) is 9.18 Å². The lowest BCUT2D eigenvalue weighted by Crippen LogP contribution is -3.20. The van der Waals surface area contributed by atoms with Crippen LogP contribution in [0.25, 0.3) is 11.3 Å². The van der Waals surface area contributed by atoms with E-state index in [1.807, 2.05) is 35.1 Å². The van der Waals surface area contributed by atoms with Gasteiger partial charge in [0.05, 0.1) is 38.9 Å². The molecule has 0 saturated carbocycles. The van der Waals surface area contributed by atoms with Gasteiger partial charge in [-0.3, -0.25) is 4.79 Å². The molecule has 0 aliphatic carbocycles. The van der Waals surface area contributed by atoms with Crippen LogP contribution in [0.3, 0.4) is 0 Å². The highest BCUT2D eigenvalue weighted by Gasteiger charge is 2.46. The van der Waals surface area contributed by atoms with Crippen LogP contribution in [0.1, 0.15) is 18.4 Å². The van der Waals surface area contributed by atoms with E-state index in [0.717, 1.165) is 55.0 Å². The summed E-state index contributed by atoms with van der Waals surface area (Å²) in [6.07, 6.45) is 4.09. The van der Waals surface area contributed by atoms with Crippen LogP contribution < -0.4 is 15.0 Å². The van der Waals surface area contributed by atoms with Crippen molar-refractivity contribution in [2.75, 3.05) is 20.2 Å². The smallest absolute Gasteiger partial charge is 0.229 e. The average molecular weight is 451 g/mol. The lowest BCUT2D eigenvalue weighted by Gasteiger charge is -2.46. The molecule has 33 heavy (non-hydrogen) atoms. The van der Waals surface area contributed by atoms with Crippen molar-refractivity contribution in [2.24, 2.45) is 11.8 Å². The number of piperidine rings is 3. The van der Waals surface area contributed by atoms with E-state index in [1.165, 1.54) is 17.0 Å². The minimum Gasteiger partial charge on any atom is -0.497 e. The second-order valence-corrected chi connectivity index (χ2v) is 9.10. The van der Waals surface area contributed by atoms with E-state index in [-0.39, 0.29) is 17.6 Å². The third-order valence-electron chi connectivity index (χ3n) is 7.10. The standard InChI is InChI=1S/C25H28FN5O2/c1-33-22-8-4-18(5-9-22)24-16-31(29-28-24)14-21-12-19-10-11-30(21)15-23(19)25(32)27-13-17-2-6-20(26)7-3-17/h2-9,16,19,21,23H,10-15H2,1H3,(H,27,32)/p+1/t19-,21-,23+/m1/s1. The number of rotatable bonds is 7. The summed E-state index contributed by atoms with van der Waals surface area (Å²) in [5.74, 6) is 1.10. The molecule has 1 amide bonds. The molecule has 2 bridgehead atoms. The van der Waals surface area contributed by atoms with Gasteiger partial charge < -0.3 is 15.0 Å². The molecule has 2 N–H and O–H groups in total. The van der Waals surface area contributed by atoms with Gasteiger partial charge in [-0.2, -0.15) is 0 Å². The van der Waals surface area contributed by atoms with Crippen molar-refractivity contribution < 1.29 is 18.8 Å². The van der Waals surface area contributed by atoms with Gasteiger partial charge in [0.25, 0.3) is 0 Å². The van der Waals surface area contributed by atoms with Crippen LogP contribution >= 0.6 is 0 Å². The highest BCUT2D eigenvalue weighted by molar-refractivity contribution is 5.79. The summed E-state index contributed by atoms with van der Waals surface area (Å²) >= 11 is 0.